The Morgan fingerprint density at radius 2 is 1.34 bits per heavy atom. The topological polar surface area (TPSA) is 119 Å². The van der Waals surface area contributed by atoms with Crippen molar-refractivity contribution in [2.24, 2.45) is 9.54 Å². The lowest BCUT2D eigenvalue weighted by Gasteiger charge is -2.11. The molecule has 0 aliphatic carbocycles. The Bertz CT molecular complexity index is 1240. The first-order valence-corrected chi connectivity index (χ1v) is 11.6. The Kier molecular flexibility index (Phi) is 6.04. The van der Waals surface area contributed by atoms with Crippen LogP contribution in [0.5, 0.6) is 0 Å². The summed E-state index contributed by atoms with van der Waals surface area (Å²) in [6.07, 6.45) is 0. The fourth-order valence-corrected chi connectivity index (χ4v) is 4.01. The van der Waals surface area contributed by atoms with Gasteiger partial charge in [0.25, 0.3) is 10.0 Å². The molecular weight excluding hydrogens is 434 g/mol. The van der Waals surface area contributed by atoms with Gasteiger partial charge in [-0.2, -0.15) is 8.42 Å². The Labute approximate surface area is 174 Å². The quantitative estimate of drug-likeness (QED) is 0.457. The van der Waals surface area contributed by atoms with E-state index in [0.717, 1.165) is 0 Å². The van der Waals surface area contributed by atoms with E-state index in [9.17, 15) is 16.8 Å². The third-order valence-electron chi connectivity index (χ3n) is 3.82. The zero-order valence-corrected chi connectivity index (χ0v) is 17.2. The molecule has 3 aromatic carbocycles. The Balaban J connectivity index is 2.02. The van der Waals surface area contributed by atoms with E-state index in [1.807, 2.05) is 0 Å². The number of nitrogens with two attached hydrogens (primary N) is 1. The summed E-state index contributed by atoms with van der Waals surface area (Å²) in [5, 5.41) is 8.42. The second kappa shape index (κ2) is 8.34. The van der Waals surface area contributed by atoms with E-state index in [4.69, 9.17) is 16.7 Å². The molecule has 3 N–H and O–H groups in total. The molecule has 29 heavy (non-hydrogen) atoms. The van der Waals surface area contributed by atoms with Crippen LogP contribution in [-0.2, 0) is 20.0 Å². The Morgan fingerprint density at radius 1 is 0.793 bits per heavy atom. The molecule has 0 fully saturated rings. The molecule has 0 amide bonds. The number of rotatable bonds is 5. The summed E-state index contributed by atoms with van der Waals surface area (Å²) in [7, 11) is -7.86. The van der Waals surface area contributed by atoms with E-state index in [1.165, 1.54) is 48.5 Å². The van der Waals surface area contributed by atoms with Crippen LogP contribution in [0.1, 0.15) is 5.56 Å². The number of nitrogens with zero attached hydrogens (tertiary/aromatic N) is 1. The van der Waals surface area contributed by atoms with Crippen LogP contribution in [0, 0.1) is 0 Å². The van der Waals surface area contributed by atoms with E-state index >= 15 is 0 Å². The highest BCUT2D eigenvalue weighted by atomic mass is 35.5. The monoisotopic (exact) mass is 449 g/mol. The van der Waals surface area contributed by atoms with E-state index in [-0.39, 0.29) is 15.6 Å². The van der Waals surface area contributed by atoms with Gasteiger partial charge in [0.15, 0.2) is 5.84 Å². The summed E-state index contributed by atoms with van der Waals surface area (Å²) >= 11 is 5.82. The lowest BCUT2D eigenvalue weighted by Crippen LogP contribution is -2.17. The van der Waals surface area contributed by atoms with Crippen LogP contribution in [0.4, 0.5) is 5.69 Å². The molecule has 150 valence electrons. The predicted molar refractivity (Wildman–Crippen MR) is 113 cm³/mol. The highest BCUT2D eigenvalue weighted by Gasteiger charge is 2.16. The molecule has 0 atom stereocenters. The van der Waals surface area contributed by atoms with E-state index in [0.29, 0.717) is 16.3 Å². The molecule has 3 rings (SSSR count). The van der Waals surface area contributed by atoms with Gasteiger partial charge in [-0.3, -0.25) is 0 Å². The minimum absolute atomic E-state index is 0.0123. The van der Waals surface area contributed by atoms with Gasteiger partial charge in [-0.05, 0) is 48.5 Å². The highest BCUT2D eigenvalue weighted by molar-refractivity contribution is 7.90. The number of sulfonamides is 2. The van der Waals surface area contributed by atoms with E-state index in [2.05, 4.69) is 9.71 Å². The fraction of sp³-hybridized carbons (Fsp3) is 0. The van der Waals surface area contributed by atoms with Crippen molar-refractivity contribution in [3.63, 3.8) is 0 Å². The molecular formula is C19H16ClN3O4S2. The maximum Gasteiger partial charge on any atom is 0.284 e. The first kappa shape index (κ1) is 21.0. The van der Waals surface area contributed by atoms with Crippen molar-refractivity contribution in [2.45, 2.75) is 9.79 Å². The number of amidine groups is 1. The zero-order chi connectivity index (χ0) is 21.1. The average molecular weight is 450 g/mol. The second-order valence-electron chi connectivity index (χ2n) is 5.93. The van der Waals surface area contributed by atoms with Crippen molar-refractivity contribution in [3.05, 3.63) is 89.4 Å². The summed E-state index contributed by atoms with van der Waals surface area (Å²) in [6, 6.07) is 19.9. The van der Waals surface area contributed by atoms with Crippen LogP contribution >= 0.6 is 11.6 Å². The number of hydrogen-bond acceptors (Lipinski definition) is 4. The smallest absolute Gasteiger partial charge is 0.284 e. The van der Waals surface area contributed by atoms with Crippen LogP contribution in [0.3, 0.4) is 0 Å². The van der Waals surface area contributed by atoms with Crippen LogP contribution in [0.15, 0.2) is 93.1 Å². The van der Waals surface area contributed by atoms with Gasteiger partial charge in [0, 0.05) is 16.3 Å². The molecule has 0 saturated carbocycles. The van der Waals surface area contributed by atoms with Gasteiger partial charge < -0.3 is 5.32 Å². The van der Waals surface area contributed by atoms with Crippen LogP contribution in [0.25, 0.3) is 0 Å². The van der Waals surface area contributed by atoms with Crippen molar-refractivity contribution in [3.8, 4) is 0 Å². The Hall–Kier alpha value is -2.72. The molecule has 0 aromatic heterocycles. The average Bonchev–Trinajstić information content (AvgIpc) is 2.68. The summed E-state index contributed by atoms with van der Waals surface area (Å²) in [6.45, 7) is 0. The highest BCUT2D eigenvalue weighted by Crippen LogP contribution is 2.19. The molecule has 0 unspecified atom stereocenters. The number of benzene rings is 3. The van der Waals surface area contributed by atoms with E-state index < -0.39 is 20.0 Å². The third kappa shape index (κ3) is 5.42. The Morgan fingerprint density at radius 3 is 1.90 bits per heavy atom. The summed E-state index contributed by atoms with van der Waals surface area (Å²) in [4.78, 5) is -0.0725. The molecule has 0 bridgehead atoms. The number of primary sulfonamides is 1. The van der Waals surface area contributed by atoms with Gasteiger partial charge in [0.2, 0.25) is 10.0 Å². The normalized spacial score (nSPS) is 12.6. The molecule has 7 nitrogen and oxygen atoms in total. The van der Waals surface area contributed by atoms with Crippen molar-refractivity contribution in [2.75, 3.05) is 5.32 Å². The summed E-state index contributed by atoms with van der Waals surface area (Å²) in [5.41, 5.74) is 0.965. The maximum absolute atomic E-state index is 12.7. The molecule has 0 saturated heterocycles. The lowest BCUT2D eigenvalue weighted by molar-refractivity contribution is 0.596. The zero-order valence-electron chi connectivity index (χ0n) is 14.9. The standard InChI is InChI=1S/C19H16ClN3O4S2/c20-15-6-10-18(11-7-15)29(26,27)23-19(14-4-2-1-3-5-14)22-16-8-12-17(13-9-16)28(21,24)25/h1-13H,(H,22,23)(H2,21,24,25). The second-order valence-corrected chi connectivity index (χ2v) is 9.53. The molecule has 10 heteroatoms. The number of nitrogens with one attached hydrogen (secondary N) is 1. The molecule has 0 heterocycles. The summed E-state index contributed by atoms with van der Waals surface area (Å²) in [5.74, 6) is 0.0731. The van der Waals surface area contributed by atoms with E-state index in [1.54, 1.807) is 30.3 Å². The first-order chi connectivity index (χ1) is 13.6. The van der Waals surface area contributed by atoms with Crippen molar-refractivity contribution >= 4 is 43.2 Å². The van der Waals surface area contributed by atoms with Gasteiger partial charge in [-0.1, -0.05) is 41.9 Å². The maximum atomic E-state index is 12.7. The van der Waals surface area contributed by atoms with Crippen LogP contribution in [0.2, 0.25) is 5.02 Å². The minimum Gasteiger partial charge on any atom is -0.339 e. The molecule has 0 aliphatic rings. The molecule has 3 aromatic rings. The minimum atomic E-state index is -4.02. The lowest BCUT2D eigenvalue weighted by atomic mass is 10.2. The third-order valence-corrected chi connectivity index (χ3v) is 6.29. The fourth-order valence-electron chi connectivity index (χ4n) is 2.39. The van der Waals surface area contributed by atoms with Gasteiger partial charge in [-0.25, -0.2) is 13.6 Å². The summed E-state index contributed by atoms with van der Waals surface area (Å²) < 4.78 is 52.2. The van der Waals surface area contributed by atoms with Crippen molar-refractivity contribution in [1.82, 2.24) is 0 Å². The SMILES string of the molecule is NS(=O)(=O)c1ccc(N/C(=N/S(=O)(=O)c2ccc(Cl)cc2)c2ccccc2)cc1. The number of halogens is 1. The van der Waals surface area contributed by atoms with Gasteiger partial charge in [0.1, 0.15) is 0 Å². The predicted octanol–water partition coefficient (Wildman–Crippen LogP) is 3.24. The molecule has 0 radical (unpaired) electrons. The van der Waals surface area contributed by atoms with Crippen LogP contribution < -0.4 is 10.5 Å². The first-order valence-electron chi connectivity index (χ1n) is 8.21. The van der Waals surface area contributed by atoms with Gasteiger partial charge >= 0.3 is 0 Å². The molecule has 0 spiro atoms. The van der Waals surface area contributed by atoms with Crippen LogP contribution in [-0.4, -0.2) is 22.7 Å². The largest absolute Gasteiger partial charge is 0.339 e. The molecule has 0 aliphatic heterocycles. The van der Waals surface area contributed by atoms with Crippen molar-refractivity contribution < 1.29 is 16.8 Å². The van der Waals surface area contributed by atoms with Gasteiger partial charge in [0.05, 0.1) is 9.79 Å². The number of hydrogen-bond donors (Lipinski definition) is 2. The number of anilines is 1. The van der Waals surface area contributed by atoms with Crippen molar-refractivity contribution in [1.29, 1.82) is 0 Å². The van der Waals surface area contributed by atoms with Gasteiger partial charge in [-0.15, -0.1) is 4.40 Å².